The number of amidine groups is 1. The van der Waals surface area contributed by atoms with Gasteiger partial charge in [0, 0.05) is 0 Å². The van der Waals surface area contributed by atoms with Gasteiger partial charge < -0.3 is 23.0 Å². The van der Waals surface area contributed by atoms with Crippen molar-refractivity contribution in [1.82, 2.24) is 4.98 Å². The Bertz CT molecular complexity index is 443. The molecule has 1 rings (SSSR count). The molecule has 0 aliphatic rings. The number of nitrogens with two attached hydrogens (primary N) is 4. The second-order valence-corrected chi connectivity index (χ2v) is 2.73. The predicted octanol–water partition coefficient (Wildman–Crippen LogP) is -1.73. The van der Waals surface area contributed by atoms with E-state index in [1.165, 1.54) is 6.21 Å². The van der Waals surface area contributed by atoms with E-state index in [1.807, 2.05) is 0 Å². The molecule has 1 aromatic rings. The maximum Gasteiger partial charge on any atom is 0.211 e. The van der Waals surface area contributed by atoms with E-state index in [9.17, 15) is 0 Å². The molecule has 0 saturated heterocycles. The highest BCUT2D eigenvalue weighted by molar-refractivity contribution is 5.96. The van der Waals surface area contributed by atoms with Crippen molar-refractivity contribution in [1.29, 1.82) is 0 Å². The SMILES string of the molecule is NN=C(N)c1cccc(/C=N/N=C(N)N)n1. The van der Waals surface area contributed by atoms with Crippen molar-refractivity contribution in [2.45, 2.75) is 0 Å². The number of aromatic nitrogens is 1. The van der Waals surface area contributed by atoms with Gasteiger partial charge >= 0.3 is 0 Å². The molecule has 0 aliphatic carbocycles. The van der Waals surface area contributed by atoms with Crippen LogP contribution in [0, 0.1) is 0 Å². The summed E-state index contributed by atoms with van der Waals surface area (Å²) >= 11 is 0. The molecule has 16 heavy (non-hydrogen) atoms. The van der Waals surface area contributed by atoms with E-state index in [0.717, 1.165) is 0 Å². The van der Waals surface area contributed by atoms with Gasteiger partial charge in [0.25, 0.3) is 0 Å². The van der Waals surface area contributed by atoms with Crippen molar-refractivity contribution >= 4 is 18.0 Å². The summed E-state index contributed by atoms with van der Waals surface area (Å²) in [6, 6.07) is 5.11. The van der Waals surface area contributed by atoms with Crippen molar-refractivity contribution in [2.24, 2.45) is 38.3 Å². The highest BCUT2D eigenvalue weighted by atomic mass is 15.3. The van der Waals surface area contributed by atoms with Crippen LogP contribution in [0.25, 0.3) is 0 Å². The van der Waals surface area contributed by atoms with Crippen molar-refractivity contribution in [3.63, 3.8) is 0 Å². The van der Waals surface area contributed by atoms with Gasteiger partial charge in [-0.2, -0.15) is 10.2 Å². The Morgan fingerprint density at radius 1 is 1.25 bits per heavy atom. The summed E-state index contributed by atoms with van der Waals surface area (Å²) in [5.41, 5.74) is 16.7. The van der Waals surface area contributed by atoms with E-state index < -0.39 is 0 Å². The molecule has 0 radical (unpaired) electrons. The van der Waals surface area contributed by atoms with E-state index in [4.69, 9.17) is 23.0 Å². The number of pyridine rings is 1. The van der Waals surface area contributed by atoms with Crippen LogP contribution in [0.5, 0.6) is 0 Å². The average Bonchev–Trinajstić information content (AvgIpc) is 2.28. The number of hydrogen-bond acceptors (Lipinski definition) is 5. The monoisotopic (exact) mass is 220 g/mol. The molecule has 0 saturated carbocycles. The molecule has 8 N–H and O–H groups in total. The van der Waals surface area contributed by atoms with Gasteiger partial charge in [-0.05, 0) is 12.1 Å². The van der Waals surface area contributed by atoms with E-state index >= 15 is 0 Å². The van der Waals surface area contributed by atoms with Crippen LogP contribution in [-0.4, -0.2) is 23.0 Å². The Morgan fingerprint density at radius 2 is 2.00 bits per heavy atom. The Kier molecular flexibility index (Phi) is 3.78. The smallest absolute Gasteiger partial charge is 0.211 e. The van der Waals surface area contributed by atoms with Crippen LogP contribution in [0.2, 0.25) is 0 Å². The molecule has 0 aromatic carbocycles. The summed E-state index contributed by atoms with van der Waals surface area (Å²) in [4.78, 5) is 4.10. The maximum absolute atomic E-state index is 5.49. The maximum atomic E-state index is 5.49. The van der Waals surface area contributed by atoms with Crippen LogP contribution in [0.1, 0.15) is 11.4 Å². The van der Waals surface area contributed by atoms with Gasteiger partial charge in [-0.25, -0.2) is 4.98 Å². The number of hydrogen-bond donors (Lipinski definition) is 4. The van der Waals surface area contributed by atoms with Gasteiger partial charge in [-0.15, -0.1) is 5.10 Å². The summed E-state index contributed by atoms with van der Waals surface area (Å²) in [7, 11) is 0. The lowest BCUT2D eigenvalue weighted by Crippen LogP contribution is -2.21. The van der Waals surface area contributed by atoms with Gasteiger partial charge in [0.2, 0.25) is 5.96 Å². The van der Waals surface area contributed by atoms with Crippen molar-refractivity contribution in [3.8, 4) is 0 Å². The van der Waals surface area contributed by atoms with Crippen LogP contribution in [0.4, 0.5) is 0 Å². The van der Waals surface area contributed by atoms with Gasteiger partial charge in [-0.3, -0.25) is 0 Å². The first-order valence-electron chi connectivity index (χ1n) is 4.26. The first kappa shape index (κ1) is 11.4. The van der Waals surface area contributed by atoms with Crippen LogP contribution in [-0.2, 0) is 0 Å². The summed E-state index contributed by atoms with van der Waals surface area (Å²) in [6.45, 7) is 0. The van der Waals surface area contributed by atoms with Crippen LogP contribution >= 0.6 is 0 Å². The Morgan fingerprint density at radius 3 is 2.62 bits per heavy atom. The molecule has 0 unspecified atom stereocenters. The molecule has 84 valence electrons. The normalized spacial score (nSPS) is 11.6. The number of nitrogens with zero attached hydrogens (tertiary/aromatic N) is 4. The third kappa shape index (κ3) is 3.25. The van der Waals surface area contributed by atoms with Crippen molar-refractivity contribution in [3.05, 3.63) is 29.6 Å². The molecule has 0 bridgehead atoms. The largest absolute Gasteiger partial charge is 0.380 e. The summed E-state index contributed by atoms with van der Waals surface area (Å²) in [5.74, 6) is 5.04. The zero-order valence-corrected chi connectivity index (χ0v) is 8.41. The van der Waals surface area contributed by atoms with E-state index in [2.05, 4.69) is 20.3 Å². The first-order chi connectivity index (χ1) is 7.63. The molecule has 0 fully saturated rings. The molecular formula is C8H12N8. The molecule has 1 aromatic heterocycles. The molecule has 8 nitrogen and oxygen atoms in total. The van der Waals surface area contributed by atoms with Crippen LogP contribution in [0.3, 0.4) is 0 Å². The average molecular weight is 220 g/mol. The minimum absolute atomic E-state index is 0.129. The lowest BCUT2D eigenvalue weighted by molar-refractivity contribution is 1.17. The zero-order chi connectivity index (χ0) is 12.0. The second-order valence-electron chi connectivity index (χ2n) is 2.73. The van der Waals surface area contributed by atoms with Crippen LogP contribution < -0.4 is 23.0 Å². The highest BCUT2D eigenvalue weighted by Crippen LogP contribution is 1.96. The zero-order valence-electron chi connectivity index (χ0n) is 8.41. The van der Waals surface area contributed by atoms with Gasteiger partial charge in [0.05, 0.1) is 11.9 Å². The Hall–Kier alpha value is -2.64. The molecule has 0 atom stereocenters. The fourth-order valence-corrected chi connectivity index (χ4v) is 0.887. The Labute approximate surface area is 91.7 Å². The lowest BCUT2D eigenvalue weighted by Gasteiger charge is -1.98. The molecule has 0 spiro atoms. The molecule has 1 heterocycles. The fraction of sp³-hybridized carbons (Fsp3) is 0. The summed E-state index contributed by atoms with van der Waals surface area (Å²) < 4.78 is 0. The van der Waals surface area contributed by atoms with Gasteiger partial charge in [-0.1, -0.05) is 6.07 Å². The fourth-order valence-electron chi connectivity index (χ4n) is 0.887. The highest BCUT2D eigenvalue weighted by Gasteiger charge is 1.99. The summed E-state index contributed by atoms with van der Waals surface area (Å²) in [6.07, 6.45) is 1.38. The minimum Gasteiger partial charge on any atom is -0.380 e. The van der Waals surface area contributed by atoms with Crippen molar-refractivity contribution in [2.75, 3.05) is 0 Å². The molecule has 8 heteroatoms. The van der Waals surface area contributed by atoms with Gasteiger partial charge in [0.1, 0.15) is 5.69 Å². The first-order valence-corrected chi connectivity index (χ1v) is 4.26. The van der Waals surface area contributed by atoms with Crippen molar-refractivity contribution < 1.29 is 0 Å². The quantitative estimate of drug-likeness (QED) is 0.206. The molecule has 0 aliphatic heterocycles. The standard InChI is InChI=1S/C8H12N8/c9-7(15-12)6-3-1-2-5(14-6)4-13-16-8(10)11/h1-4H,12H2,(H2,9,15)(H4,10,11,16)/b13-4+. The molecular weight excluding hydrogens is 208 g/mol. The number of rotatable bonds is 3. The minimum atomic E-state index is -0.129. The molecule has 0 amide bonds. The number of guanidine groups is 1. The van der Waals surface area contributed by atoms with E-state index in [-0.39, 0.29) is 11.8 Å². The number of hydrazone groups is 1. The third-order valence-corrected chi connectivity index (χ3v) is 1.54. The van der Waals surface area contributed by atoms with E-state index in [1.54, 1.807) is 18.2 Å². The third-order valence-electron chi connectivity index (χ3n) is 1.54. The topological polar surface area (TPSA) is 154 Å². The van der Waals surface area contributed by atoms with E-state index in [0.29, 0.717) is 11.4 Å². The second kappa shape index (κ2) is 5.29. The van der Waals surface area contributed by atoms with Crippen LogP contribution in [0.15, 0.2) is 33.5 Å². The van der Waals surface area contributed by atoms with Gasteiger partial charge in [0.15, 0.2) is 5.84 Å². The lowest BCUT2D eigenvalue weighted by atomic mass is 10.3. The predicted molar refractivity (Wildman–Crippen MR) is 62.6 cm³/mol. The Balaban J connectivity index is 2.91. The summed E-state index contributed by atoms with van der Waals surface area (Å²) in [5, 5.41) is 10.4.